The maximum atomic E-state index is 14.6. The number of benzene rings is 4. The number of ketones is 3. The first-order valence-electron chi connectivity index (χ1n) is 35.0. The van der Waals surface area contributed by atoms with Crippen LogP contribution in [0.1, 0.15) is 152 Å². The van der Waals surface area contributed by atoms with Crippen LogP contribution in [0.3, 0.4) is 0 Å². The number of esters is 1. The Balaban J connectivity index is 0.894. The molecule has 106 heavy (non-hydrogen) atoms. The molecule has 2 aliphatic heterocycles. The van der Waals surface area contributed by atoms with E-state index >= 15 is 0 Å². The molecule has 4 aliphatic rings. The second kappa shape index (κ2) is 36.5. The van der Waals surface area contributed by atoms with Crippen LogP contribution in [0.25, 0.3) is 0 Å². The number of fused-ring (bicyclic) bond motifs is 3. The van der Waals surface area contributed by atoms with Crippen LogP contribution in [0.2, 0.25) is 0 Å². The van der Waals surface area contributed by atoms with Gasteiger partial charge in [0.15, 0.2) is 24.6 Å². The lowest BCUT2D eigenvalue weighted by Crippen LogP contribution is -2.60. The Kier molecular flexibility index (Phi) is 28.0. The van der Waals surface area contributed by atoms with Crippen molar-refractivity contribution in [1.29, 1.82) is 0 Å². The van der Waals surface area contributed by atoms with Crippen LogP contribution in [0.5, 0.6) is 17.2 Å². The Labute approximate surface area is 610 Å². The number of ether oxygens (including phenoxy) is 4. The molecule has 13 atom stereocenters. The van der Waals surface area contributed by atoms with Crippen molar-refractivity contribution in [1.82, 2.24) is 36.8 Å². The number of phenolic OH excluding ortho intramolecular Hbond substituents is 2. The molecule has 7 amide bonds. The smallest absolute Gasteiger partial charge is 0.326 e. The van der Waals surface area contributed by atoms with Gasteiger partial charge in [-0.05, 0) is 75.5 Å². The van der Waals surface area contributed by atoms with Crippen LogP contribution >= 0.6 is 0 Å². The molecular weight excluding hydrogens is 1380 g/mol. The number of rotatable bonds is 34. The van der Waals surface area contributed by atoms with Crippen LogP contribution in [0.4, 0.5) is 0 Å². The highest BCUT2D eigenvalue weighted by Crippen LogP contribution is 2.53. The fourth-order valence-corrected chi connectivity index (χ4v) is 13.4. The van der Waals surface area contributed by atoms with Crippen molar-refractivity contribution in [3.63, 3.8) is 0 Å². The number of carboxylic acids is 1. The number of phenols is 2. The Hall–Kier alpha value is -10.4. The number of aromatic hydroxyl groups is 2. The summed E-state index contributed by atoms with van der Waals surface area (Å²) in [6, 6.07) is 10.7. The molecule has 0 spiro atoms. The Morgan fingerprint density at radius 3 is 1.94 bits per heavy atom. The number of nitrogens with one attached hydrogen (secondary N) is 6. The number of nitrogens with zero attached hydrogens (tertiary/aromatic N) is 2. The number of hydrogen-bond acceptors (Lipinski definition) is 23. The van der Waals surface area contributed by atoms with E-state index in [-0.39, 0.29) is 104 Å². The van der Waals surface area contributed by atoms with E-state index in [9.17, 15) is 88.2 Å². The number of aliphatic carboxylic acids is 1. The fraction of sp³-hybridized carbons (Fsp3) is 0.493. The lowest BCUT2D eigenvalue weighted by atomic mass is 9.72. The summed E-state index contributed by atoms with van der Waals surface area (Å²) in [6.45, 7) is 4.36. The van der Waals surface area contributed by atoms with Crippen LogP contribution in [0, 0.1) is 5.92 Å². The molecule has 0 aromatic heterocycles. The summed E-state index contributed by atoms with van der Waals surface area (Å²) in [5.41, 5.74) is 13.7. The van der Waals surface area contributed by atoms with E-state index in [2.05, 4.69) is 36.9 Å². The first-order valence-corrected chi connectivity index (χ1v) is 35.0. The van der Waals surface area contributed by atoms with Gasteiger partial charge in [0.25, 0.3) is 0 Å². The number of aliphatic hydroxyl groups excluding tert-OH is 2. The summed E-state index contributed by atoms with van der Waals surface area (Å²) in [6.07, 6.45) is -7.31. The number of likely N-dealkylation sites (tertiary alicyclic amines) is 1. The van der Waals surface area contributed by atoms with Crippen molar-refractivity contribution in [3.05, 3.63) is 123 Å². The quantitative estimate of drug-likeness (QED) is 0.00796. The van der Waals surface area contributed by atoms with Crippen LogP contribution in [-0.2, 0) is 81.4 Å². The number of amides is 7. The second-order valence-electron chi connectivity index (χ2n) is 27.3. The Morgan fingerprint density at radius 1 is 0.736 bits per heavy atom. The predicted molar refractivity (Wildman–Crippen MR) is 376 cm³/mol. The van der Waals surface area contributed by atoms with Crippen molar-refractivity contribution < 1.29 is 107 Å². The number of nitrogens with two attached hydrogens (primary N) is 3. The van der Waals surface area contributed by atoms with Crippen molar-refractivity contribution in [2.75, 3.05) is 33.4 Å². The van der Waals surface area contributed by atoms with E-state index in [1.807, 2.05) is 0 Å². The Bertz CT molecular complexity index is 3960. The lowest BCUT2D eigenvalue weighted by molar-refractivity contribution is -0.247. The largest absolute Gasteiger partial charge is 0.507 e. The number of Topliss-reactive ketones (excluding diaryl/α,β-unsaturated/α-hetero) is 1. The molecule has 0 saturated carbocycles. The minimum atomic E-state index is -2.56. The van der Waals surface area contributed by atoms with Gasteiger partial charge in [-0.2, -0.15) is 0 Å². The summed E-state index contributed by atoms with van der Waals surface area (Å²) in [7, 11) is 1.27. The minimum Gasteiger partial charge on any atom is -0.507 e. The molecule has 0 unspecified atom stereocenters. The molecule has 8 rings (SSSR count). The Morgan fingerprint density at radius 2 is 1.34 bits per heavy atom. The van der Waals surface area contributed by atoms with Gasteiger partial charge in [-0.3, -0.25) is 57.7 Å². The zero-order valence-electron chi connectivity index (χ0n) is 59.4. The van der Waals surface area contributed by atoms with E-state index < -0.39 is 211 Å². The highest BCUT2D eigenvalue weighted by atomic mass is 16.7. The topological polar surface area (TPSA) is 529 Å². The van der Waals surface area contributed by atoms with Crippen molar-refractivity contribution >= 4 is 76.6 Å². The first kappa shape index (κ1) is 81.2. The van der Waals surface area contributed by atoms with E-state index in [1.165, 1.54) is 44.1 Å². The van der Waals surface area contributed by atoms with Gasteiger partial charge >= 0.3 is 11.9 Å². The first-order chi connectivity index (χ1) is 50.3. The van der Waals surface area contributed by atoms with Crippen molar-refractivity contribution in [2.45, 2.75) is 190 Å². The number of carbonyl (C=O) groups excluding carboxylic acids is 11. The highest BCUT2D eigenvalue weighted by molar-refractivity contribution is 6.31. The van der Waals surface area contributed by atoms with Gasteiger partial charge in [0.2, 0.25) is 52.9 Å². The van der Waals surface area contributed by atoms with Crippen LogP contribution in [0.15, 0.2) is 83.9 Å². The van der Waals surface area contributed by atoms with Gasteiger partial charge in [0.05, 0.1) is 48.7 Å². The van der Waals surface area contributed by atoms with Crippen molar-refractivity contribution in [3.8, 4) is 17.2 Å². The third-order valence-corrected chi connectivity index (χ3v) is 18.9. The van der Waals surface area contributed by atoms with Crippen LogP contribution < -0.4 is 53.8 Å². The molecule has 2 heterocycles. The second-order valence-corrected chi connectivity index (χ2v) is 27.3. The van der Waals surface area contributed by atoms with Gasteiger partial charge in [-0.1, -0.05) is 86.6 Å². The number of methoxy groups -OCH3 is 1. The number of aliphatic hydroxyl groups is 3. The van der Waals surface area contributed by atoms with Gasteiger partial charge in [0, 0.05) is 80.8 Å². The van der Waals surface area contributed by atoms with Crippen LogP contribution in [-0.4, -0.2) is 218 Å². The zero-order chi connectivity index (χ0) is 77.4. The van der Waals surface area contributed by atoms with Gasteiger partial charge in [-0.25, -0.2) is 4.79 Å². The zero-order valence-corrected chi connectivity index (χ0v) is 59.4. The summed E-state index contributed by atoms with van der Waals surface area (Å²) < 4.78 is 22.7. The average molecular weight is 1480 g/mol. The monoisotopic (exact) mass is 1480 g/mol. The molecule has 572 valence electrons. The van der Waals surface area contributed by atoms with Gasteiger partial charge < -0.3 is 104 Å². The van der Waals surface area contributed by atoms with Gasteiger partial charge in [0.1, 0.15) is 65.1 Å². The number of carbonyl (C=O) groups is 12. The molecule has 2 aliphatic carbocycles. The average Bonchev–Trinajstić information content (AvgIpc) is 0.790. The number of hydrogen-bond donors (Lipinski definition) is 15. The summed E-state index contributed by atoms with van der Waals surface area (Å²) in [4.78, 5) is 171. The normalized spacial score (nSPS) is 21.2. The molecule has 2 fully saturated rings. The molecular formula is C73H93N11O22. The maximum absolute atomic E-state index is 14.6. The van der Waals surface area contributed by atoms with Crippen molar-refractivity contribution in [2.24, 2.45) is 28.1 Å². The van der Waals surface area contributed by atoms with E-state index in [1.54, 1.807) is 74.5 Å². The molecule has 33 heteroatoms. The third-order valence-electron chi connectivity index (χ3n) is 18.9. The maximum Gasteiger partial charge on any atom is 0.326 e. The molecule has 33 nitrogen and oxygen atoms in total. The summed E-state index contributed by atoms with van der Waals surface area (Å²) in [5.74, 6) is -13.1. The molecule has 0 bridgehead atoms. The summed E-state index contributed by atoms with van der Waals surface area (Å²) >= 11 is 0. The molecule has 4 aromatic carbocycles. The SMILES string of the molecule is COc1cccc2c1C(=O)c1c(O)c3c(c(O)c1C2=O)C[C@@](O)(C(=O)COC(=O)CCCC(=O)N[C@@H](Cc1ccccc1)C(=O)N[C@@H](CO)C(=O)N[C@@H](CCCN=C(N)N)C(=O)N1CCC[C@H]1C(=O)N[C@@H](C)C(=O)N[C@@H](Cc1ccccc1)C(=O)N[C@@H](CC(C)C)C(=O)O)C[C@@H]3O[C@H]1C[C@H](N)[C@H](O)[C@H](C)O1. The standard InChI is InChI=1S/C73H93N11O22/c1-36(2)28-47(71(100)101)82-67(96)46(30-40-18-10-7-11-19-40)81-65(94)37(3)78-69(98)49-22-15-27-84(49)70(99)44(21-14-26-77-72(75)76)80-68(97)48(34-85)83-66(95)45(29-39-16-8-6-9-17-39)79-53(87)24-13-25-54(88)104-35-52(86)73(102)32-42-57(51(33-73)106-55-31-43(74)60(89)38(4)105-55)64(93)59-58(62(42)91)61(90)41-20-12-23-50(103-5)56(41)63(59)92/h6-12,16-20,23,36-38,43-49,51,55,60,85,89,91,93,102H,13-15,21-22,24-35,74H2,1-5H3,(H,78,98)(H,79,87)(H,80,97)(H,81,94)(H,82,96)(H,83,95)(H,100,101)(H4,75,76,77)/t37-,38-,43-,44-,45-,46-,47-,48-,49-,51-,55-,60+,73-/m0/s1. The summed E-state index contributed by atoms with van der Waals surface area (Å²) in [5, 5.41) is 82.5. The van der Waals surface area contributed by atoms with E-state index in [4.69, 9.17) is 36.1 Å². The third kappa shape index (κ3) is 20.1. The van der Waals surface area contributed by atoms with E-state index in [0.29, 0.717) is 17.5 Å². The molecule has 2 saturated heterocycles. The number of aliphatic imine (C=N–C) groups is 1. The highest BCUT2D eigenvalue weighted by Gasteiger charge is 2.51. The molecule has 18 N–H and O–H groups in total. The molecule has 0 radical (unpaired) electrons. The number of guanidine groups is 1. The molecule has 4 aromatic rings. The predicted octanol–water partition coefficient (Wildman–Crippen LogP) is -0.696. The van der Waals surface area contributed by atoms with Gasteiger partial charge in [-0.15, -0.1) is 0 Å². The van der Waals surface area contributed by atoms with E-state index in [0.717, 1.165) is 0 Å². The fourth-order valence-electron chi connectivity index (χ4n) is 13.4. The lowest BCUT2D eigenvalue weighted by Gasteiger charge is -2.42. The minimum absolute atomic E-state index is 0.00224. The number of carboxylic acid groups (broad SMARTS) is 1.